The van der Waals surface area contributed by atoms with Gasteiger partial charge in [-0.3, -0.25) is 4.79 Å². The zero-order valence-electron chi connectivity index (χ0n) is 23.2. The molecule has 232 valence electrons. The Morgan fingerprint density at radius 2 is 1.80 bits per heavy atom. The summed E-state index contributed by atoms with van der Waals surface area (Å²) in [6.07, 6.45) is -1.76. The Morgan fingerprint density at radius 1 is 1.07 bits per heavy atom. The van der Waals surface area contributed by atoms with Crippen molar-refractivity contribution in [3.63, 3.8) is 0 Å². The highest BCUT2D eigenvalue weighted by Gasteiger charge is 2.60. The Labute approximate surface area is 249 Å². The van der Waals surface area contributed by atoms with Gasteiger partial charge in [0, 0.05) is 66.6 Å². The molecule has 1 saturated carbocycles. The number of alkyl halides is 3. The molecular weight excluding hydrogens is 609 g/mol. The fourth-order valence-corrected chi connectivity index (χ4v) is 8.04. The van der Waals surface area contributed by atoms with Gasteiger partial charge in [0.15, 0.2) is 0 Å². The number of carbonyl (C=O) groups is 1. The SMILES string of the molecule is CS(=O)(=O)N1CC2(CN(c3ccc(-c4cc(COc5cc6c(cn5)[C@H]5[C@@H](C6)[C@@H]5C(=O)O)c(F)cc4C(F)(F)F)c(F)c3)C2)C1. The molecule has 4 aliphatic rings. The number of aliphatic carboxylic acids is 1. The summed E-state index contributed by atoms with van der Waals surface area (Å²) < 4.78 is 103. The summed E-state index contributed by atoms with van der Waals surface area (Å²) in [6, 6.07) is 6.74. The minimum atomic E-state index is -4.96. The molecule has 3 aromatic rings. The molecule has 44 heavy (non-hydrogen) atoms. The van der Waals surface area contributed by atoms with Crippen LogP contribution in [0.5, 0.6) is 5.88 Å². The van der Waals surface area contributed by atoms with Gasteiger partial charge in [-0.1, -0.05) is 0 Å². The first-order chi connectivity index (χ1) is 20.6. The van der Waals surface area contributed by atoms with Crippen LogP contribution in [0.25, 0.3) is 11.1 Å². The highest BCUT2D eigenvalue weighted by Crippen LogP contribution is 2.61. The lowest BCUT2D eigenvalue weighted by Crippen LogP contribution is -2.72. The van der Waals surface area contributed by atoms with E-state index in [9.17, 15) is 35.9 Å². The van der Waals surface area contributed by atoms with Gasteiger partial charge in [-0.2, -0.15) is 13.2 Å². The molecule has 7 rings (SSSR count). The highest BCUT2D eigenvalue weighted by molar-refractivity contribution is 7.88. The van der Waals surface area contributed by atoms with Crippen molar-refractivity contribution in [3.05, 3.63) is 76.5 Å². The third kappa shape index (κ3) is 4.78. The highest BCUT2D eigenvalue weighted by atomic mass is 32.2. The minimum Gasteiger partial charge on any atom is -0.481 e. The van der Waals surface area contributed by atoms with E-state index in [1.54, 1.807) is 6.07 Å². The third-order valence-electron chi connectivity index (χ3n) is 9.29. The van der Waals surface area contributed by atoms with Crippen LogP contribution in [0.1, 0.15) is 28.2 Å². The first-order valence-corrected chi connectivity index (χ1v) is 15.7. The van der Waals surface area contributed by atoms with Gasteiger partial charge in [0.2, 0.25) is 15.9 Å². The molecule has 8 nitrogen and oxygen atoms in total. The van der Waals surface area contributed by atoms with E-state index in [2.05, 4.69) is 4.98 Å². The number of carboxylic acid groups (broad SMARTS) is 1. The fraction of sp³-hybridized carbons (Fsp3) is 0.400. The monoisotopic (exact) mass is 635 g/mol. The number of fused-ring (bicyclic) bond motifs is 3. The van der Waals surface area contributed by atoms with Gasteiger partial charge in [-0.05, 0) is 59.4 Å². The van der Waals surface area contributed by atoms with Crippen molar-refractivity contribution >= 4 is 21.7 Å². The summed E-state index contributed by atoms with van der Waals surface area (Å²) in [7, 11) is -3.28. The molecule has 2 aliphatic carbocycles. The Balaban J connectivity index is 1.10. The predicted molar refractivity (Wildman–Crippen MR) is 147 cm³/mol. The zero-order valence-corrected chi connectivity index (χ0v) is 24.1. The summed E-state index contributed by atoms with van der Waals surface area (Å²) in [6.45, 7) is 1.24. The maximum Gasteiger partial charge on any atom is 0.417 e. The zero-order chi connectivity index (χ0) is 31.3. The number of rotatable bonds is 7. The number of anilines is 1. The van der Waals surface area contributed by atoms with Gasteiger partial charge < -0.3 is 14.7 Å². The molecule has 1 N–H and O–H groups in total. The van der Waals surface area contributed by atoms with Crippen LogP contribution < -0.4 is 9.64 Å². The minimum absolute atomic E-state index is 0.00130. The molecular formula is C30H26F5N3O5S. The second-order valence-electron chi connectivity index (χ2n) is 12.3. The Kier molecular flexibility index (Phi) is 6.32. The van der Waals surface area contributed by atoms with Crippen LogP contribution in [0.3, 0.4) is 0 Å². The van der Waals surface area contributed by atoms with Gasteiger partial charge in [-0.15, -0.1) is 0 Å². The van der Waals surface area contributed by atoms with Crippen LogP contribution in [0.15, 0.2) is 42.6 Å². The van der Waals surface area contributed by atoms with Crippen molar-refractivity contribution in [3.8, 4) is 17.0 Å². The fourth-order valence-electron chi connectivity index (χ4n) is 7.02. The first-order valence-electron chi connectivity index (χ1n) is 13.9. The van der Waals surface area contributed by atoms with E-state index >= 15 is 4.39 Å². The average molecular weight is 636 g/mol. The molecule has 0 amide bonds. The molecule has 3 heterocycles. The molecule has 3 fully saturated rings. The normalized spacial score (nSPS) is 23.5. The van der Waals surface area contributed by atoms with Gasteiger partial charge in [-0.25, -0.2) is 26.5 Å². The molecule has 2 aromatic carbocycles. The predicted octanol–water partition coefficient (Wildman–Crippen LogP) is 4.68. The van der Waals surface area contributed by atoms with E-state index in [0.29, 0.717) is 44.4 Å². The number of carboxylic acids is 1. The van der Waals surface area contributed by atoms with Crippen LogP contribution in [-0.4, -0.2) is 61.2 Å². The number of nitrogens with zero attached hydrogens (tertiary/aromatic N) is 3. The number of aromatic nitrogens is 1. The van der Waals surface area contributed by atoms with Crippen molar-refractivity contribution in [1.82, 2.24) is 9.29 Å². The summed E-state index contributed by atoms with van der Waals surface area (Å²) in [4.78, 5) is 17.3. The summed E-state index contributed by atoms with van der Waals surface area (Å²) in [5.41, 5.74) is -0.515. The van der Waals surface area contributed by atoms with Gasteiger partial charge in [0.05, 0.1) is 17.7 Å². The summed E-state index contributed by atoms with van der Waals surface area (Å²) in [5, 5.41) is 9.28. The van der Waals surface area contributed by atoms with E-state index in [4.69, 9.17) is 4.74 Å². The number of halogens is 5. The molecule has 0 bridgehead atoms. The molecule has 0 radical (unpaired) electrons. The van der Waals surface area contributed by atoms with Crippen molar-refractivity contribution < 1.29 is 45.0 Å². The second kappa shape index (κ2) is 9.61. The summed E-state index contributed by atoms with van der Waals surface area (Å²) in [5.74, 6) is -3.34. The number of hydrogen-bond acceptors (Lipinski definition) is 6. The summed E-state index contributed by atoms with van der Waals surface area (Å²) >= 11 is 0. The largest absolute Gasteiger partial charge is 0.481 e. The average Bonchev–Trinajstić information content (AvgIpc) is 3.47. The lowest BCUT2D eigenvalue weighted by atomic mass is 9.74. The molecule has 1 aromatic heterocycles. The van der Waals surface area contributed by atoms with Crippen molar-refractivity contribution in [2.45, 2.75) is 25.1 Å². The molecule has 3 atom stereocenters. The molecule has 0 unspecified atom stereocenters. The van der Waals surface area contributed by atoms with E-state index in [0.717, 1.165) is 29.5 Å². The molecule has 2 saturated heterocycles. The Morgan fingerprint density at radius 3 is 2.43 bits per heavy atom. The quantitative estimate of drug-likeness (QED) is 0.377. The molecule has 2 aliphatic heterocycles. The maximum atomic E-state index is 15.4. The van der Waals surface area contributed by atoms with Gasteiger partial charge >= 0.3 is 12.1 Å². The maximum absolute atomic E-state index is 15.4. The number of ether oxygens (including phenoxy) is 1. The van der Waals surface area contributed by atoms with Gasteiger partial charge in [0.25, 0.3) is 0 Å². The molecule has 1 spiro atoms. The topological polar surface area (TPSA) is 100 Å². The van der Waals surface area contributed by atoms with Crippen LogP contribution >= 0.6 is 0 Å². The van der Waals surface area contributed by atoms with Crippen LogP contribution in [0, 0.1) is 28.9 Å². The van der Waals surface area contributed by atoms with E-state index < -0.39 is 57.5 Å². The van der Waals surface area contributed by atoms with Crippen LogP contribution in [-0.2, 0) is 34.0 Å². The molecule has 14 heteroatoms. The van der Waals surface area contributed by atoms with Crippen molar-refractivity contribution in [2.24, 2.45) is 17.3 Å². The van der Waals surface area contributed by atoms with Gasteiger partial charge in [0.1, 0.15) is 18.2 Å². The van der Waals surface area contributed by atoms with Crippen LogP contribution in [0.2, 0.25) is 0 Å². The lowest BCUT2D eigenvalue weighted by molar-refractivity contribution is -0.139. The number of hydrogen-bond donors (Lipinski definition) is 1. The van der Waals surface area contributed by atoms with E-state index in [-0.39, 0.29) is 34.3 Å². The Bertz CT molecular complexity index is 1820. The number of benzene rings is 2. The lowest BCUT2D eigenvalue weighted by Gasteiger charge is -2.60. The smallest absolute Gasteiger partial charge is 0.417 e. The van der Waals surface area contributed by atoms with E-state index in [1.165, 1.54) is 22.6 Å². The first kappa shape index (κ1) is 29.0. The number of sulfonamides is 1. The van der Waals surface area contributed by atoms with Crippen LogP contribution in [0.4, 0.5) is 27.6 Å². The van der Waals surface area contributed by atoms with E-state index in [1.807, 2.05) is 4.90 Å². The Hall–Kier alpha value is -3.78. The van der Waals surface area contributed by atoms with Crippen molar-refractivity contribution in [1.29, 1.82) is 0 Å². The third-order valence-corrected chi connectivity index (χ3v) is 10.5. The number of pyridine rings is 1. The van der Waals surface area contributed by atoms with Crippen molar-refractivity contribution in [2.75, 3.05) is 37.3 Å². The standard InChI is InChI=1S/C30H26F5N3O5S/c1-44(41,42)38-13-29(14-38)11-37(12-29)17-2-3-18(24(32)7-17)19-5-16(23(31)8-22(19)30(33,34)35)10-43-25-6-15-4-20-26(21(15)9-36-25)27(20)28(39)40/h2-3,5-9,20,26-27H,4,10-14H2,1H3,(H,39,40)/t20-,26-,27+/m1/s1. The second-order valence-corrected chi connectivity index (χ2v) is 14.3.